The summed E-state index contributed by atoms with van der Waals surface area (Å²) in [7, 11) is 0. The highest BCUT2D eigenvalue weighted by Gasteiger charge is 2.14. The Morgan fingerprint density at radius 2 is 1.89 bits per heavy atom. The van der Waals surface area contributed by atoms with Gasteiger partial charge in [-0.15, -0.1) is 0 Å². The van der Waals surface area contributed by atoms with Crippen molar-refractivity contribution in [3.05, 3.63) is 64.5 Å². The lowest BCUT2D eigenvalue weighted by Gasteiger charge is -2.19. The van der Waals surface area contributed by atoms with Crippen LogP contribution in [0.3, 0.4) is 0 Å². The Hall–Kier alpha value is -1.71. The number of hydrazine groups is 1. The van der Waals surface area contributed by atoms with Gasteiger partial charge in [0.2, 0.25) is 0 Å². The first kappa shape index (κ1) is 12.7. The van der Waals surface area contributed by atoms with E-state index in [1.54, 1.807) is 0 Å². The average Bonchev–Trinajstić information content (AvgIpc) is 2.37. The molecule has 0 saturated carbocycles. The predicted molar refractivity (Wildman–Crippen MR) is 74.1 cm³/mol. The number of hydrogen-bond donors (Lipinski definition) is 2. The number of aromatic nitrogens is 1. The molecule has 2 rings (SSSR count). The van der Waals surface area contributed by atoms with Gasteiger partial charge in [-0.3, -0.25) is 10.8 Å². The molecule has 0 amide bonds. The molecular formula is C15H19N3. The van der Waals surface area contributed by atoms with Crippen LogP contribution < -0.4 is 11.3 Å². The molecule has 0 bridgehead atoms. The number of pyridine rings is 1. The summed E-state index contributed by atoms with van der Waals surface area (Å²) in [5, 5.41) is 0. The lowest BCUT2D eigenvalue weighted by molar-refractivity contribution is 0.630. The van der Waals surface area contributed by atoms with E-state index in [9.17, 15) is 0 Å². The fourth-order valence-electron chi connectivity index (χ4n) is 2.09. The molecule has 1 heterocycles. The molecule has 94 valence electrons. The van der Waals surface area contributed by atoms with Crippen molar-refractivity contribution >= 4 is 0 Å². The van der Waals surface area contributed by atoms with Gasteiger partial charge in [-0.1, -0.05) is 29.8 Å². The van der Waals surface area contributed by atoms with Gasteiger partial charge in [0.15, 0.2) is 0 Å². The minimum absolute atomic E-state index is 0.0157. The summed E-state index contributed by atoms with van der Waals surface area (Å²) in [5.41, 5.74) is 8.63. The van der Waals surface area contributed by atoms with Crippen LogP contribution in [0.4, 0.5) is 0 Å². The molecular weight excluding hydrogens is 222 g/mol. The topological polar surface area (TPSA) is 50.9 Å². The Balaban J connectivity index is 2.44. The van der Waals surface area contributed by atoms with Gasteiger partial charge in [-0.2, -0.15) is 0 Å². The molecule has 0 fully saturated rings. The first-order chi connectivity index (χ1) is 8.61. The van der Waals surface area contributed by atoms with E-state index in [1.807, 2.05) is 19.2 Å². The molecule has 3 heteroatoms. The van der Waals surface area contributed by atoms with Gasteiger partial charge < -0.3 is 0 Å². The standard InChI is InChI=1S/C15H19N3/c1-10-4-5-11(2)14(8-10)15(18-16)13-7-6-12(3)17-9-13/h4-9,15,18H,16H2,1-3H3. The molecule has 0 spiro atoms. The average molecular weight is 241 g/mol. The van der Waals surface area contributed by atoms with Crippen molar-refractivity contribution in [3.63, 3.8) is 0 Å². The SMILES string of the molecule is Cc1ccc(C)c(C(NN)c2ccc(C)nc2)c1. The van der Waals surface area contributed by atoms with Crippen LogP contribution in [0.25, 0.3) is 0 Å². The maximum atomic E-state index is 5.72. The van der Waals surface area contributed by atoms with E-state index in [2.05, 4.69) is 48.5 Å². The van der Waals surface area contributed by atoms with E-state index in [1.165, 1.54) is 16.7 Å². The van der Waals surface area contributed by atoms with E-state index in [0.717, 1.165) is 11.3 Å². The number of rotatable bonds is 3. The molecule has 1 aromatic heterocycles. The molecule has 2 aromatic rings. The van der Waals surface area contributed by atoms with Crippen LogP contribution >= 0.6 is 0 Å². The van der Waals surface area contributed by atoms with E-state index in [-0.39, 0.29) is 6.04 Å². The molecule has 1 aromatic carbocycles. The van der Waals surface area contributed by atoms with E-state index >= 15 is 0 Å². The summed E-state index contributed by atoms with van der Waals surface area (Å²) in [6.45, 7) is 6.16. The molecule has 3 N–H and O–H groups in total. The Morgan fingerprint density at radius 3 is 2.50 bits per heavy atom. The van der Waals surface area contributed by atoms with E-state index in [4.69, 9.17) is 5.84 Å². The predicted octanol–water partition coefficient (Wildman–Crippen LogP) is 2.56. The monoisotopic (exact) mass is 241 g/mol. The fourth-order valence-corrected chi connectivity index (χ4v) is 2.09. The molecule has 0 saturated heterocycles. The molecule has 0 radical (unpaired) electrons. The zero-order chi connectivity index (χ0) is 13.1. The highest BCUT2D eigenvalue weighted by molar-refractivity contribution is 5.38. The second-order valence-corrected chi connectivity index (χ2v) is 4.69. The second kappa shape index (κ2) is 5.29. The van der Waals surface area contributed by atoms with Crippen LogP contribution in [0.1, 0.15) is 34.0 Å². The summed E-state index contributed by atoms with van der Waals surface area (Å²) < 4.78 is 0. The van der Waals surface area contributed by atoms with Crippen LogP contribution in [-0.4, -0.2) is 4.98 Å². The van der Waals surface area contributed by atoms with Gasteiger partial charge in [-0.25, -0.2) is 5.43 Å². The van der Waals surface area contributed by atoms with Gasteiger partial charge >= 0.3 is 0 Å². The lowest BCUT2D eigenvalue weighted by Crippen LogP contribution is -2.29. The minimum atomic E-state index is -0.0157. The Kier molecular flexibility index (Phi) is 3.75. The number of nitrogens with one attached hydrogen (secondary N) is 1. The maximum absolute atomic E-state index is 5.72. The van der Waals surface area contributed by atoms with Crippen molar-refractivity contribution in [3.8, 4) is 0 Å². The second-order valence-electron chi connectivity index (χ2n) is 4.69. The van der Waals surface area contributed by atoms with Crippen molar-refractivity contribution in [2.24, 2.45) is 5.84 Å². The van der Waals surface area contributed by atoms with Gasteiger partial charge in [0.1, 0.15) is 0 Å². The molecule has 1 atom stereocenters. The summed E-state index contributed by atoms with van der Waals surface area (Å²) in [4.78, 5) is 4.33. The van der Waals surface area contributed by atoms with Crippen molar-refractivity contribution < 1.29 is 0 Å². The number of nitrogens with zero attached hydrogens (tertiary/aromatic N) is 1. The van der Waals surface area contributed by atoms with Crippen LogP contribution in [-0.2, 0) is 0 Å². The number of benzene rings is 1. The molecule has 3 nitrogen and oxygen atoms in total. The smallest absolute Gasteiger partial charge is 0.0727 e. The zero-order valence-electron chi connectivity index (χ0n) is 11.1. The first-order valence-electron chi connectivity index (χ1n) is 6.07. The fraction of sp³-hybridized carbons (Fsp3) is 0.267. The Bertz CT molecular complexity index is 532. The Morgan fingerprint density at radius 1 is 1.11 bits per heavy atom. The summed E-state index contributed by atoms with van der Waals surface area (Å²) in [5.74, 6) is 5.72. The van der Waals surface area contributed by atoms with Gasteiger partial charge in [0, 0.05) is 11.9 Å². The number of hydrogen-bond acceptors (Lipinski definition) is 3. The third-order valence-corrected chi connectivity index (χ3v) is 3.18. The highest BCUT2D eigenvalue weighted by atomic mass is 15.2. The van der Waals surface area contributed by atoms with E-state index in [0.29, 0.717) is 0 Å². The van der Waals surface area contributed by atoms with Crippen LogP contribution in [0.5, 0.6) is 0 Å². The third kappa shape index (κ3) is 2.58. The summed E-state index contributed by atoms with van der Waals surface area (Å²) in [6.07, 6.45) is 1.88. The van der Waals surface area contributed by atoms with Crippen LogP contribution in [0.2, 0.25) is 0 Å². The number of aryl methyl sites for hydroxylation is 3. The van der Waals surface area contributed by atoms with Crippen molar-refractivity contribution in [1.82, 2.24) is 10.4 Å². The van der Waals surface area contributed by atoms with Crippen LogP contribution in [0, 0.1) is 20.8 Å². The highest BCUT2D eigenvalue weighted by Crippen LogP contribution is 2.24. The zero-order valence-corrected chi connectivity index (χ0v) is 11.1. The van der Waals surface area contributed by atoms with Crippen molar-refractivity contribution in [2.45, 2.75) is 26.8 Å². The van der Waals surface area contributed by atoms with Gasteiger partial charge in [-0.05, 0) is 43.5 Å². The quantitative estimate of drug-likeness (QED) is 0.641. The molecule has 0 aliphatic heterocycles. The van der Waals surface area contributed by atoms with Crippen molar-refractivity contribution in [2.75, 3.05) is 0 Å². The van der Waals surface area contributed by atoms with Gasteiger partial charge in [0.25, 0.3) is 0 Å². The largest absolute Gasteiger partial charge is 0.271 e. The Labute approximate surface area is 108 Å². The van der Waals surface area contributed by atoms with Crippen molar-refractivity contribution in [1.29, 1.82) is 0 Å². The molecule has 1 unspecified atom stereocenters. The number of nitrogens with two attached hydrogens (primary N) is 1. The maximum Gasteiger partial charge on any atom is 0.0727 e. The van der Waals surface area contributed by atoms with Gasteiger partial charge in [0.05, 0.1) is 6.04 Å². The summed E-state index contributed by atoms with van der Waals surface area (Å²) >= 11 is 0. The lowest BCUT2D eigenvalue weighted by atomic mass is 9.95. The van der Waals surface area contributed by atoms with Crippen LogP contribution in [0.15, 0.2) is 36.5 Å². The molecule has 0 aliphatic carbocycles. The minimum Gasteiger partial charge on any atom is -0.271 e. The normalized spacial score (nSPS) is 12.4. The third-order valence-electron chi connectivity index (χ3n) is 3.18. The molecule has 0 aliphatic rings. The molecule has 18 heavy (non-hydrogen) atoms. The summed E-state index contributed by atoms with van der Waals surface area (Å²) in [6, 6.07) is 10.5. The van der Waals surface area contributed by atoms with E-state index < -0.39 is 0 Å². The first-order valence-corrected chi connectivity index (χ1v) is 6.07.